The summed E-state index contributed by atoms with van der Waals surface area (Å²) in [6.45, 7) is 0.997. The van der Waals surface area contributed by atoms with Crippen LogP contribution in [0.3, 0.4) is 0 Å². The van der Waals surface area contributed by atoms with Gasteiger partial charge < -0.3 is 10.2 Å². The number of nitrogens with zero attached hydrogens (tertiary/aromatic N) is 1. The number of piperidine rings is 1. The van der Waals surface area contributed by atoms with E-state index in [0.29, 0.717) is 25.9 Å². The molecule has 0 aromatic heterocycles. The Labute approximate surface area is 182 Å². The Balaban J connectivity index is 1.66. The first-order chi connectivity index (χ1) is 14.3. The predicted molar refractivity (Wildman–Crippen MR) is 112 cm³/mol. The van der Waals surface area contributed by atoms with Crippen molar-refractivity contribution < 1.29 is 18.0 Å². The molecule has 3 atom stereocenters. The fourth-order valence-corrected chi connectivity index (χ4v) is 6.69. The zero-order chi connectivity index (χ0) is 21.1. The molecule has 0 bridgehead atoms. The summed E-state index contributed by atoms with van der Waals surface area (Å²) in [5, 5.41) is 5.02. The maximum Gasteiger partial charge on any atom is 0.450 e. The van der Waals surface area contributed by atoms with Crippen molar-refractivity contribution in [2.75, 3.05) is 19.6 Å². The van der Waals surface area contributed by atoms with E-state index in [0.717, 1.165) is 27.3 Å². The summed E-state index contributed by atoms with van der Waals surface area (Å²) in [6, 6.07) is 9.26. The van der Waals surface area contributed by atoms with E-state index in [1.165, 1.54) is 0 Å². The van der Waals surface area contributed by atoms with E-state index in [9.17, 15) is 18.0 Å². The lowest BCUT2D eigenvalue weighted by Gasteiger charge is -2.40. The highest BCUT2D eigenvalue weighted by Crippen LogP contribution is 2.58. The van der Waals surface area contributed by atoms with Crippen LogP contribution in [0, 0.1) is 5.92 Å². The number of carbonyl (C=O) groups is 1. The number of rotatable bonds is 2. The predicted octanol–water partition coefficient (Wildman–Crippen LogP) is 4.72. The second-order valence-corrected chi connectivity index (χ2v) is 9.60. The fourth-order valence-electron chi connectivity index (χ4n) is 5.17. The minimum atomic E-state index is -4.85. The fraction of sp³-hybridized carbons (Fsp3) is 0.409. The molecule has 3 nitrogen and oxygen atoms in total. The Morgan fingerprint density at radius 1 is 1.27 bits per heavy atom. The molecule has 1 aromatic rings. The molecule has 8 heteroatoms. The summed E-state index contributed by atoms with van der Waals surface area (Å²) in [6.07, 6.45) is -1.56. The highest BCUT2D eigenvalue weighted by Gasteiger charge is 2.55. The van der Waals surface area contributed by atoms with Crippen LogP contribution in [0.5, 0.6) is 0 Å². The van der Waals surface area contributed by atoms with Crippen molar-refractivity contribution in [1.82, 2.24) is 10.2 Å². The van der Waals surface area contributed by atoms with Crippen LogP contribution in [0.1, 0.15) is 18.4 Å². The van der Waals surface area contributed by atoms with Gasteiger partial charge in [-0.2, -0.15) is 13.2 Å². The molecule has 4 aliphatic rings. The van der Waals surface area contributed by atoms with Crippen molar-refractivity contribution >= 4 is 29.1 Å². The lowest BCUT2D eigenvalue weighted by atomic mass is 9.81. The molecule has 0 amide bonds. The Bertz CT molecular complexity index is 988. The first-order valence-corrected chi connectivity index (χ1v) is 11.2. The molecular weight excluding hydrogens is 433 g/mol. The second-order valence-electron chi connectivity index (χ2n) is 8.03. The van der Waals surface area contributed by atoms with Gasteiger partial charge in [0, 0.05) is 24.5 Å². The molecule has 158 valence electrons. The number of thioether (sulfide) groups is 1. The third kappa shape index (κ3) is 2.97. The van der Waals surface area contributed by atoms with E-state index in [1.807, 2.05) is 46.7 Å². The Kier molecular flexibility index (Phi) is 4.84. The van der Waals surface area contributed by atoms with Gasteiger partial charge in [0.1, 0.15) is 4.87 Å². The minimum absolute atomic E-state index is 0.0282. The van der Waals surface area contributed by atoms with Gasteiger partial charge >= 0.3 is 6.18 Å². The van der Waals surface area contributed by atoms with Crippen molar-refractivity contribution in [2.24, 2.45) is 5.92 Å². The van der Waals surface area contributed by atoms with E-state index < -0.39 is 28.8 Å². The van der Waals surface area contributed by atoms with Crippen molar-refractivity contribution in [3.05, 3.63) is 69.1 Å². The monoisotopic (exact) mass is 452 g/mol. The summed E-state index contributed by atoms with van der Waals surface area (Å²) < 4.78 is 40.0. The average molecular weight is 453 g/mol. The van der Waals surface area contributed by atoms with Crippen LogP contribution in [0.15, 0.2) is 63.6 Å². The zero-order valence-electron chi connectivity index (χ0n) is 16.0. The summed E-state index contributed by atoms with van der Waals surface area (Å²) in [4.78, 5) is 14.5. The normalized spacial score (nSPS) is 30.9. The van der Waals surface area contributed by atoms with E-state index >= 15 is 0 Å². The lowest BCUT2D eigenvalue weighted by Crippen LogP contribution is -2.53. The number of carbonyl (C=O) groups excluding carboxylic acids is 1. The largest absolute Gasteiger partial charge is 0.450 e. The van der Waals surface area contributed by atoms with Crippen molar-refractivity contribution in [3.63, 3.8) is 0 Å². The molecule has 0 saturated carbocycles. The van der Waals surface area contributed by atoms with Crippen molar-refractivity contribution in [1.29, 1.82) is 0 Å². The molecule has 3 aliphatic heterocycles. The van der Waals surface area contributed by atoms with Gasteiger partial charge in [-0.3, -0.25) is 4.79 Å². The molecule has 0 radical (unpaired) electrons. The van der Waals surface area contributed by atoms with Gasteiger partial charge in [0.05, 0.1) is 17.7 Å². The summed E-state index contributed by atoms with van der Waals surface area (Å²) in [5.74, 6) is -2.81. The second kappa shape index (κ2) is 7.18. The molecule has 1 N–H and O–H groups in total. The highest BCUT2D eigenvalue weighted by molar-refractivity contribution is 8.06. The van der Waals surface area contributed by atoms with Crippen LogP contribution < -0.4 is 5.32 Å². The van der Waals surface area contributed by atoms with E-state index in [4.69, 9.17) is 11.6 Å². The van der Waals surface area contributed by atoms with Crippen LogP contribution in [0.4, 0.5) is 13.2 Å². The SMILES string of the molecule is O=C(C1CNCC2=C3CCC(Cl)(c4ccccc4)C4=C3N(CC=CS4)C21)C(F)(F)F. The number of allylic oxidation sites excluding steroid dienone is 2. The standard InChI is InChI=1S/C22H20ClF3N2OS/c23-21(13-5-2-1-3-6-13)8-7-14-15-11-27-12-16(19(29)22(24,25)26)17(15)28-9-4-10-30-20(21)18(14)28/h1-6,10,16-17,27H,7-9,11-12H2. The van der Waals surface area contributed by atoms with Crippen molar-refractivity contribution in [2.45, 2.75) is 29.9 Å². The van der Waals surface area contributed by atoms with E-state index in [1.54, 1.807) is 11.8 Å². The van der Waals surface area contributed by atoms with Crippen LogP contribution in [-0.2, 0) is 9.67 Å². The van der Waals surface area contributed by atoms with Crippen molar-refractivity contribution in [3.8, 4) is 0 Å². The van der Waals surface area contributed by atoms with Gasteiger partial charge in [-0.05, 0) is 35.0 Å². The number of ketones is 1. The van der Waals surface area contributed by atoms with Gasteiger partial charge in [0.25, 0.3) is 0 Å². The van der Waals surface area contributed by atoms with Crippen LogP contribution in [-0.4, -0.2) is 42.5 Å². The van der Waals surface area contributed by atoms with E-state index in [2.05, 4.69) is 5.32 Å². The third-order valence-electron chi connectivity index (χ3n) is 6.44. The quantitative estimate of drug-likeness (QED) is 0.658. The lowest BCUT2D eigenvalue weighted by molar-refractivity contribution is -0.177. The molecule has 3 heterocycles. The Hall–Kier alpha value is -1.70. The number of fused-ring (bicyclic) bond motifs is 2. The molecule has 3 unspecified atom stereocenters. The molecule has 30 heavy (non-hydrogen) atoms. The summed E-state index contributed by atoms with van der Waals surface area (Å²) >= 11 is 8.79. The van der Waals surface area contributed by atoms with Gasteiger partial charge in [-0.25, -0.2) is 0 Å². The van der Waals surface area contributed by atoms with Crippen LogP contribution in [0.2, 0.25) is 0 Å². The van der Waals surface area contributed by atoms with Gasteiger partial charge in [-0.15, -0.1) is 11.6 Å². The molecule has 0 spiro atoms. The number of hydrogen-bond donors (Lipinski definition) is 1. The smallest absolute Gasteiger partial charge is 0.359 e. The highest BCUT2D eigenvalue weighted by atomic mass is 35.5. The first kappa shape index (κ1) is 20.2. The topological polar surface area (TPSA) is 32.3 Å². The molecule has 1 saturated heterocycles. The minimum Gasteiger partial charge on any atom is -0.359 e. The molecular formula is C22H20ClF3N2OS. The maximum atomic E-state index is 13.3. The number of alkyl halides is 4. The molecule has 5 rings (SSSR count). The van der Waals surface area contributed by atoms with Gasteiger partial charge in [0.15, 0.2) is 0 Å². The Morgan fingerprint density at radius 3 is 2.77 bits per heavy atom. The number of halogens is 4. The zero-order valence-corrected chi connectivity index (χ0v) is 17.6. The number of hydrogen-bond acceptors (Lipinski definition) is 4. The maximum absolute atomic E-state index is 13.3. The van der Waals surface area contributed by atoms with Crippen LogP contribution >= 0.6 is 23.4 Å². The summed E-state index contributed by atoms with van der Waals surface area (Å²) in [5.41, 5.74) is 3.89. The number of nitrogens with one attached hydrogen (secondary N) is 1. The van der Waals surface area contributed by atoms with Gasteiger partial charge in [0.2, 0.25) is 5.78 Å². The van der Waals surface area contributed by atoms with Crippen LogP contribution in [0.25, 0.3) is 0 Å². The average Bonchev–Trinajstić information content (AvgIpc) is 2.89. The Morgan fingerprint density at radius 2 is 2.03 bits per heavy atom. The first-order valence-electron chi connectivity index (χ1n) is 9.94. The molecule has 1 aliphatic carbocycles. The number of Topliss-reactive ketones (excluding diaryl/α,β-unsaturated/α-hetero) is 1. The molecule has 1 aromatic carbocycles. The van der Waals surface area contributed by atoms with E-state index in [-0.39, 0.29) is 6.54 Å². The molecule has 1 fully saturated rings. The van der Waals surface area contributed by atoms with Gasteiger partial charge in [-0.1, -0.05) is 48.2 Å². The number of benzene rings is 1. The third-order valence-corrected chi connectivity index (χ3v) is 8.25. The summed E-state index contributed by atoms with van der Waals surface area (Å²) in [7, 11) is 0.